The van der Waals surface area contributed by atoms with E-state index in [9.17, 15) is 14.7 Å². The van der Waals surface area contributed by atoms with Crippen LogP contribution in [0, 0.1) is 0 Å². The third-order valence-corrected chi connectivity index (χ3v) is 4.91. The van der Waals surface area contributed by atoms with Gasteiger partial charge in [0.05, 0.1) is 5.52 Å². The summed E-state index contributed by atoms with van der Waals surface area (Å²) in [5.74, 6) is -0.461. The van der Waals surface area contributed by atoms with E-state index in [4.69, 9.17) is 0 Å². The lowest BCUT2D eigenvalue weighted by molar-refractivity contribution is -0.134. The maximum Gasteiger partial charge on any atom is 0.283 e. The summed E-state index contributed by atoms with van der Waals surface area (Å²) in [5, 5.41) is 19.2. The summed E-state index contributed by atoms with van der Waals surface area (Å²) < 4.78 is 1.80. The zero-order valence-corrected chi connectivity index (χ0v) is 15.7. The Labute approximate surface area is 158 Å². The molecule has 1 aromatic heterocycles. The molecule has 0 spiro atoms. The quantitative estimate of drug-likeness (QED) is 0.775. The molecule has 2 heterocycles. The van der Waals surface area contributed by atoms with Gasteiger partial charge in [-0.2, -0.15) is 0 Å². The number of carbonyl (C=O) groups excluding carboxylic acids is 2. The number of aryl methyl sites for hydroxylation is 1. The van der Waals surface area contributed by atoms with E-state index in [1.165, 1.54) is 0 Å². The molecule has 0 radical (unpaired) electrons. The number of hydrogen-bond acceptors (Lipinski definition) is 4. The standard InChI is InChI=1S/C20H26N4O3/c1-2-3-13-24-16-10-7-6-9-15(16)19(20(24)27)22-21-17(25)14-23-12-8-4-5-11-18(23)26/h6-7,9-10,27H,2-5,8,11-14H2,1H3. The molecule has 0 unspecified atom stereocenters. The summed E-state index contributed by atoms with van der Waals surface area (Å²) >= 11 is 0. The molecule has 2 amide bonds. The minimum atomic E-state index is -0.477. The van der Waals surface area contributed by atoms with Gasteiger partial charge in [0.2, 0.25) is 11.8 Å². The van der Waals surface area contributed by atoms with Crippen molar-refractivity contribution in [2.24, 2.45) is 10.2 Å². The molecule has 0 bridgehead atoms. The summed E-state index contributed by atoms with van der Waals surface area (Å²) in [6.07, 6.45) is 5.20. The minimum Gasteiger partial charge on any atom is -0.493 e. The van der Waals surface area contributed by atoms with Crippen molar-refractivity contribution in [2.75, 3.05) is 13.1 Å². The molecule has 7 heteroatoms. The molecular formula is C20H26N4O3. The first-order chi connectivity index (χ1) is 13.1. The fourth-order valence-electron chi connectivity index (χ4n) is 3.42. The van der Waals surface area contributed by atoms with Gasteiger partial charge in [0.25, 0.3) is 5.91 Å². The zero-order valence-electron chi connectivity index (χ0n) is 15.7. The third kappa shape index (κ3) is 4.35. The molecule has 1 saturated heterocycles. The van der Waals surface area contributed by atoms with Crippen LogP contribution in [0.3, 0.4) is 0 Å². The number of aromatic nitrogens is 1. The molecule has 1 aliphatic heterocycles. The molecule has 2 aromatic rings. The van der Waals surface area contributed by atoms with Gasteiger partial charge in [0.15, 0.2) is 5.69 Å². The maximum absolute atomic E-state index is 12.2. The van der Waals surface area contributed by atoms with Crippen molar-refractivity contribution in [1.29, 1.82) is 0 Å². The number of carbonyl (C=O) groups is 2. The van der Waals surface area contributed by atoms with Crippen LogP contribution in [0.25, 0.3) is 10.9 Å². The van der Waals surface area contributed by atoms with Gasteiger partial charge in [-0.3, -0.25) is 9.59 Å². The summed E-state index contributed by atoms with van der Waals surface area (Å²) in [6, 6.07) is 7.54. The van der Waals surface area contributed by atoms with Crippen molar-refractivity contribution in [3.8, 4) is 5.88 Å². The Bertz CT molecular complexity index is 856. The van der Waals surface area contributed by atoms with E-state index in [2.05, 4.69) is 17.2 Å². The van der Waals surface area contributed by atoms with Gasteiger partial charge in [0, 0.05) is 24.9 Å². The van der Waals surface area contributed by atoms with Crippen molar-refractivity contribution in [3.05, 3.63) is 24.3 Å². The SMILES string of the molecule is CCCCn1c(O)c(N=NC(=O)CN2CCCCCC2=O)c2ccccc21. The van der Waals surface area contributed by atoms with E-state index in [1.54, 1.807) is 9.47 Å². The second-order valence-corrected chi connectivity index (χ2v) is 6.91. The smallest absolute Gasteiger partial charge is 0.283 e. The number of para-hydroxylation sites is 1. The molecule has 0 saturated carbocycles. The number of benzene rings is 1. The van der Waals surface area contributed by atoms with Crippen LogP contribution in [0.15, 0.2) is 34.5 Å². The highest BCUT2D eigenvalue weighted by Gasteiger charge is 2.20. The Morgan fingerprint density at radius 3 is 2.85 bits per heavy atom. The number of aromatic hydroxyl groups is 1. The highest BCUT2D eigenvalue weighted by molar-refractivity contribution is 5.95. The van der Waals surface area contributed by atoms with Crippen LogP contribution in [-0.4, -0.2) is 39.5 Å². The molecule has 3 rings (SSSR count). The number of likely N-dealkylation sites (tertiary alicyclic amines) is 1. The Morgan fingerprint density at radius 2 is 2.04 bits per heavy atom. The van der Waals surface area contributed by atoms with Gasteiger partial charge in [-0.25, -0.2) is 0 Å². The predicted molar refractivity (Wildman–Crippen MR) is 103 cm³/mol. The molecule has 1 N–H and O–H groups in total. The van der Waals surface area contributed by atoms with Crippen LogP contribution < -0.4 is 0 Å². The first kappa shape index (κ1) is 19.1. The molecule has 1 aliphatic rings. The van der Waals surface area contributed by atoms with Crippen LogP contribution in [0.5, 0.6) is 5.88 Å². The first-order valence-corrected chi connectivity index (χ1v) is 9.64. The molecule has 0 atom stereocenters. The lowest BCUT2D eigenvalue weighted by Gasteiger charge is -2.17. The van der Waals surface area contributed by atoms with Crippen LogP contribution in [0.2, 0.25) is 0 Å². The van der Waals surface area contributed by atoms with E-state index < -0.39 is 5.91 Å². The first-order valence-electron chi connectivity index (χ1n) is 9.64. The number of azo groups is 1. The van der Waals surface area contributed by atoms with E-state index in [1.807, 2.05) is 24.3 Å². The minimum absolute atomic E-state index is 0.00457. The second-order valence-electron chi connectivity index (χ2n) is 6.91. The van der Waals surface area contributed by atoms with Gasteiger partial charge < -0.3 is 14.6 Å². The molecule has 1 fully saturated rings. The Kier molecular flexibility index (Phi) is 6.21. The van der Waals surface area contributed by atoms with Crippen molar-refractivity contribution in [2.45, 2.75) is 52.0 Å². The molecule has 144 valence electrons. The third-order valence-electron chi connectivity index (χ3n) is 4.91. The summed E-state index contributed by atoms with van der Waals surface area (Å²) in [4.78, 5) is 25.8. The average Bonchev–Trinajstić information content (AvgIpc) is 2.78. The van der Waals surface area contributed by atoms with Gasteiger partial charge >= 0.3 is 0 Å². The number of fused-ring (bicyclic) bond motifs is 1. The van der Waals surface area contributed by atoms with E-state index in [0.29, 0.717) is 25.2 Å². The number of unbranched alkanes of at least 4 members (excludes halogenated alkanes) is 1. The van der Waals surface area contributed by atoms with E-state index in [0.717, 1.165) is 43.0 Å². The van der Waals surface area contributed by atoms with Crippen molar-refractivity contribution in [3.63, 3.8) is 0 Å². The van der Waals surface area contributed by atoms with E-state index >= 15 is 0 Å². The average molecular weight is 370 g/mol. The number of nitrogens with zero attached hydrogens (tertiary/aromatic N) is 4. The van der Waals surface area contributed by atoms with Crippen molar-refractivity contribution < 1.29 is 14.7 Å². The lowest BCUT2D eigenvalue weighted by atomic mass is 10.2. The maximum atomic E-state index is 12.2. The zero-order chi connectivity index (χ0) is 19.2. The fraction of sp³-hybridized carbons (Fsp3) is 0.500. The highest BCUT2D eigenvalue weighted by atomic mass is 16.3. The number of rotatable bonds is 6. The predicted octanol–water partition coefficient (Wildman–Crippen LogP) is 4.16. The van der Waals surface area contributed by atoms with Crippen LogP contribution in [0.1, 0.15) is 45.4 Å². The van der Waals surface area contributed by atoms with Crippen molar-refractivity contribution >= 4 is 28.4 Å². The Hall–Kier alpha value is -2.70. The van der Waals surface area contributed by atoms with Crippen LogP contribution in [-0.2, 0) is 16.1 Å². The van der Waals surface area contributed by atoms with Gasteiger partial charge in [-0.1, -0.05) is 38.0 Å². The fourth-order valence-corrected chi connectivity index (χ4v) is 3.42. The number of hydrogen-bond donors (Lipinski definition) is 1. The molecular weight excluding hydrogens is 344 g/mol. The molecule has 1 aromatic carbocycles. The van der Waals surface area contributed by atoms with Gasteiger partial charge in [0.1, 0.15) is 6.54 Å². The normalized spacial score (nSPS) is 15.6. The molecule has 0 aliphatic carbocycles. The number of amides is 2. The van der Waals surface area contributed by atoms with Gasteiger partial charge in [-0.15, -0.1) is 10.2 Å². The molecule has 27 heavy (non-hydrogen) atoms. The van der Waals surface area contributed by atoms with Gasteiger partial charge in [-0.05, 0) is 25.3 Å². The van der Waals surface area contributed by atoms with E-state index in [-0.39, 0.29) is 18.3 Å². The largest absolute Gasteiger partial charge is 0.493 e. The molecule has 7 nitrogen and oxygen atoms in total. The Balaban J connectivity index is 1.80. The van der Waals surface area contributed by atoms with Crippen LogP contribution in [0.4, 0.5) is 5.69 Å². The lowest BCUT2D eigenvalue weighted by Crippen LogP contribution is -2.34. The highest BCUT2D eigenvalue weighted by Crippen LogP contribution is 2.38. The van der Waals surface area contributed by atoms with Crippen molar-refractivity contribution in [1.82, 2.24) is 9.47 Å². The monoisotopic (exact) mass is 370 g/mol. The summed E-state index contributed by atoms with van der Waals surface area (Å²) in [6.45, 7) is 3.29. The Morgan fingerprint density at radius 1 is 1.22 bits per heavy atom. The van der Waals surface area contributed by atoms with Crippen LogP contribution >= 0.6 is 0 Å². The second kappa shape index (κ2) is 8.79. The summed E-state index contributed by atoms with van der Waals surface area (Å²) in [5.41, 5.74) is 1.17. The summed E-state index contributed by atoms with van der Waals surface area (Å²) in [7, 11) is 0. The topological polar surface area (TPSA) is 87.3 Å².